The van der Waals surface area contributed by atoms with Crippen LogP contribution >= 0.6 is 24.0 Å². The van der Waals surface area contributed by atoms with Crippen molar-refractivity contribution in [3.8, 4) is 11.5 Å². The molecule has 144 valence electrons. The third-order valence-corrected chi connectivity index (χ3v) is 5.08. The molecule has 0 spiro atoms. The number of para-hydroxylation sites is 1. The summed E-state index contributed by atoms with van der Waals surface area (Å²) < 4.78 is 11.3. The van der Waals surface area contributed by atoms with Gasteiger partial charge < -0.3 is 15.2 Å². The quantitative estimate of drug-likeness (QED) is 0.553. The van der Waals surface area contributed by atoms with Gasteiger partial charge in [0.25, 0.3) is 11.8 Å². The number of nitrogens with zero attached hydrogens (tertiary/aromatic N) is 1. The monoisotopic (exact) mass is 414 g/mol. The highest BCUT2D eigenvalue weighted by molar-refractivity contribution is 8.27. The minimum Gasteiger partial charge on any atom is -0.494 e. The number of thioether (sulfide) groups is 1. The normalized spacial score (nSPS) is 15.2. The van der Waals surface area contributed by atoms with E-state index in [0.29, 0.717) is 32.8 Å². The number of nitrogens with two attached hydrogens (primary N) is 1. The second-order valence-electron chi connectivity index (χ2n) is 5.74. The molecular weight excluding hydrogens is 396 g/mol. The summed E-state index contributed by atoms with van der Waals surface area (Å²) in [6.45, 7) is 2.24. The summed E-state index contributed by atoms with van der Waals surface area (Å²) >= 11 is 6.61. The second-order valence-corrected chi connectivity index (χ2v) is 7.41. The van der Waals surface area contributed by atoms with Crippen LogP contribution in [0.25, 0.3) is 6.08 Å². The van der Waals surface area contributed by atoms with E-state index in [-0.39, 0.29) is 12.5 Å². The second kappa shape index (κ2) is 8.90. The fourth-order valence-corrected chi connectivity index (χ4v) is 3.86. The molecule has 0 unspecified atom stereocenters. The molecule has 2 amide bonds. The minimum absolute atomic E-state index is 0.219. The van der Waals surface area contributed by atoms with Crippen LogP contribution in [0.4, 0.5) is 5.69 Å². The van der Waals surface area contributed by atoms with Crippen LogP contribution in [-0.2, 0) is 9.59 Å². The molecule has 0 aliphatic carbocycles. The standard InChI is InChI=1S/C20H18N2O4S2/c1-2-25-15-9-7-14(8-10-15)22-19(24)17(28-20(22)27)11-13-5-3-4-6-16(13)26-12-18(21)23/h3-11H,2,12H2,1H3,(H2,21,23)/b17-11+. The Hall–Kier alpha value is -2.84. The minimum atomic E-state index is -0.573. The van der Waals surface area contributed by atoms with Crippen molar-refractivity contribution < 1.29 is 19.1 Å². The third kappa shape index (κ3) is 4.52. The number of amides is 2. The highest BCUT2D eigenvalue weighted by Crippen LogP contribution is 2.37. The number of carbonyl (C=O) groups excluding carboxylic acids is 2. The Morgan fingerprint density at radius 3 is 2.57 bits per heavy atom. The molecule has 0 aromatic heterocycles. The number of thiocarbonyl (C=S) groups is 1. The van der Waals surface area contributed by atoms with Gasteiger partial charge in [-0.15, -0.1) is 0 Å². The van der Waals surface area contributed by atoms with E-state index in [1.54, 1.807) is 48.5 Å². The van der Waals surface area contributed by atoms with Crippen LogP contribution in [-0.4, -0.2) is 29.3 Å². The Morgan fingerprint density at radius 1 is 1.18 bits per heavy atom. The predicted molar refractivity (Wildman–Crippen MR) is 114 cm³/mol. The first-order valence-corrected chi connectivity index (χ1v) is 9.73. The van der Waals surface area contributed by atoms with Gasteiger partial charge in [-0.05, 0) is 43.3 Å². The number of ether oxygens (including phenoxy) is 2. The van der Waals surface area contributed by atoms with Gasteiger partial charge in [-0.25, -0.2) is 0 Å². The average Bonchev–Trinajstić information content (AvgIpc) is 2.95. The van der Waals surface area contributed by atoms with Gasteiger partial charge in [-0.1, -0.05) is 42.2 Å². The lowest BCUT2D eigenvalue weighted by Crippen LogP contribution is -2.27. The van der Waals surface area contributed by atoms with Crippen LogP contribution in [0.3, 0.4) is 0 Å². The number of benzene rings is 2. The van der Waals surface area contributed by atoms with Crippen LogP contribution < -0.4 is 20.1 Å². The van der Waals surface area contributed by atoms with Gasteiger partial charge in [-0.2, -0.15) is 0 Å². The van der Waals surface area contributed by atoms with Crippen molar-refractivity contribution in [2.24, 2.45) is 5.73 Å². The van der Waals surface area contributed by atoms with Crippen LogP contribution in [0.15, 0.2) is 53.4 Å². The van der Waals surface area contributed by atoms with Crippen molar-refractivity contribution in [3.63, 3.8) is 0 Å². The van der Waals surface area contributed by atoms with E-state index in [1.807, 2.05) is 13.0 Å². The molecule has 1 aliphatic rings. The highest BCUT2D eigenvalue weighted by Gasteiger charge is 2.33. The van der Waals surface area contributed by atoms with E-state index < -0.39 is 5.91 Å². The van der Waals surface area contributed by atoms with Crippen molar-refractivity contribution in [2.75, 3.05) is 18.1 Å². The SMILES string of the molecule is CCOc1ccc(N2C(=O)/C(=C\c3ccccc3OCC(N)=O)SC2=S)cc1. The zero-order valence-electron chi connectivity index (χ0n) is 15.1. The lowest BCUT2D eigenvalue weighted by molar-refractivity contribution is -0.120. The first-order valence-electron chi connectivity index (χ1n) is 8.50. The largest absolute Gasteiger partial charge is 0.494 e. The molecule has 2 aromatic rings. The molecule has 1 aliphatic heterocycles. The van der Waals surface area contributed by atoms with Gasteiger partial charge in [-0.3, -0.25) is 14.5 Å². The molecule has 28 heavy (non-hydrogen) atoms. The zero-order valence-corrected chi connectivity index (χ0v) is 16.7. The van der Waals surface area contributed by atoms with Gasteiger partial charge in [0, 0.05) is 5.56 Å². The molecule has 0 radical (unpaired) electrons. The number of primary amides is 1. The smallest absolute Gasteiger partial charge is 0.270 e. The predicted octanol–water partition coefficient (Wildman–Crippen LogP) is 3.36. The Labute approximate surface area is 172 Å². The summed E-state index contributed by atoms with van der Waals surface area (Å²) in [6, 6.07) is 14.3. The number of anilines is 1. The molecular formula is C20H18N2O4S2. The van der Waals surface area contributed by atoms with Crippen molar-refractivity contribution in [1.82, 2.24) is 0 Å². The van der Waals surface area contributed by atoms with E-state index in [0.717, 1.165) is 5.75 Å². The van der Waals surface area contributed by atoms with E-state index in [9.17, 15) is 9.59 Å². The highest BCUT2D eigenvalue weighted by atomic mass is 32.2. The molecule has 2 N–H and O–H groups in total. The van der Waals surface area contributed by atoms with Gasteiger partial charge in [0.2, 0.25) is 0 Å². The first-order chi connectivity index (χ1) is 13.5. The maximum absolute atomic E-state index is 12.9. The van der Waals surface area contributed by atoms with E-state index >= 15 is 0 Å². The summed E-state index contributed by atoms with van der Waals surface area (Å²) in [5.74, 6) is 0.404. The first kappa shape index (κ1) is 19.9. The van der Waals surface area contributed by atoms with E-state index in [4.69, 9.17) is 27.4 Å². The molecule has 2 aromatic carbocycles. The van der Waals surface area contributed by atoms with Gasteiger partial charge in [0.15, 0.2) is 10.9 Å². The topological polar surface area (TPSA) is 81.9 Å². The summed E-state index contributed by atoms with van der Waals surface area (Å²) in [6.07, 6.45) is 1.70. The maximum atomic E-state index is 12.9. The Kier molecular flexibility index (Phi) is 6.33. The fraction of sp³-hybridized carbons (Fsp3) is 0.150. The van der Waals surface area contributed by atoms with Gasteiger partial charge >= 0.3 is 0 Å². The summed E-state index contributed by atoms with van der Waals surface area (Å²) in [4.78, 5) is 25.8. The number of carbonyl (C=O) groups is 2. The van der Waals surface area contributed by atoms with Crippen molar-refractivity contribution in [3.05, 3.63) is 59.0 Å². The molecule has 1 heterocycles. The van der Waals surface area contributed by atoms with Crippen molar-refractivity contribution in [2.45, 2.75) is 6.92 Å². The van der Waals surface area contributed by atoms with Crippen LogP contribution in [0.5, 0.6) is 11.5 Å². The van der Waals surface area contributed by atoms with Crippen LogP contribution in [0, 0.1) is 0 Å². The third-order valence-electron chi connectivity index (χ3n) is 3.78. The van der Waals surface area contributed by atoms with Crippen molar-refractivity contribution in [1.29, 1.82) is 0 Å². The summed E-state index contributed by atoms with van der Waals surface area (Å²) in [7, 11) is 0. The summed E-state index contributed by atoms with van der Waals surface area (Å²) in [5.41, 5.74) is 6.47. The Balaban J connectivity index is 1.84. The summed E-state index contributed by atoms with van der Waals surface area (Å²) in [5, 5.41) is 0. The molecule has 6 nitrogen and oxygen atoms in total. The lowest BCUT2D eigenvalue weighted by atomic mass is 10.2. The Morgan fingerprint density at radius 2 is 1.89 bits per heavy atom. The fourth-order valence-electron chi connectivity index (χ4n) is 2.57. The molecule has 0 saturated carbocycles. The van der Waals surface area contributed by atoms with Gasteiger partial charge in [0.05, 0.1) is 17.2 Å². The number of rotatable bonds is 7. The molecule has 0 atom stereocenters. The molecule has 0 bridgehead atoms. The van der Waals surface area contributed by atoms with Gasteiger partial charge in [0.1, 0.15) is 11.5 Å². The lowest BCUT2D eigenvalue weighted by Gasteiger charge is -2.15. The van der Waals surface area contributed by atoms with E-state index in [1.165, 1.54) is 16.7 Å². The van der Waals surface area contributed by atoms with Crippen molar-refractivity contribution >= 4 is 51.9 Å². The molecule has 1 saturated heterocycles. The van der Waals surface area contributed by atoms with Crippen LogP contribution in [0.2, 0.25) is 0 Å². The Bertz CT molecular complexity index is 941. The van der Waals surface area contributed by atoms with E-state index in [2.05, 4.69) is 0 Å². The number of hydrogen-bond acceptors (Lipinski definition) is 6. The average molecular weight is 415 g/mol. The maximum Gasteiger partial charge on any atom is 0.270 e. The zero-order chi connectivity index (χ0) is 20.1. The molecule has 3 rings (SSSR count). The molecule has 1 fully saturated rings. The van der Waals surface area contributed by atoms with Crippen LogP contribution in [0.1, 0.15) is 12.5 Å². The number of hydrogen-bond donors (Lipinski definition) is 1. The molecule has 8 heteroatoms.